The van der Waals surface area contributed by atoms with Crippen LogP contribution in [0.4, 0.5) is 0 Å². The predicted molar refractivity (Wildman–Crippen MR) is 169 cm³/mol. The summed E-state index contributed by atoms with van der Waals surface area (Å²) in [6, 6.07) is 38.0. The Kier molecular flexibility index (Phi) is 6.04. The number of benzene rings is 5. The molecule has 0 unspecified atom stereocenters. The van der Waals surface area contributed by atoms with E-state index in [1.165, 1.54) is 77.9 Å². The van der Waals surface area contributed by atoms with Crippen LogP contribution in [0.15, 0.2) is 97.1 Å². The molecule has 5 aromatic rings. The van der Waals surface area contributed by atoms with Crippen LogP contribution in [0.5, 0.6) is 0 Å². The molecule has 0 N–H and O–H groups in total. The van der Waals surface area contributed by atoms with Gasteiger partial charge in [0.15, 0.2) is 0 Å². The van der Waals surface area contributed by atoms with Gasteiger partial charge in [-0.2, -0.15) is 0 Å². The molecule has 0 heterocycles. The van der Waals surface area contributed by atoms with Crippen LogP contribution in [-0.2, 0) is 37.5 Å². The van der Waals surface area contributed by atoms with Gasteiger partial charge in [0.1, 0.15) is 0 Å². The third-order valence-electron chi connectivity index (χ3n) is 9.63. The van der Waals surface area contributed by atoms with E-state index in [0.29, 0.717) is 0 Å². The Hall–Kier alpha value is -3.90. The van der Waals surface area contributed by atoms with Gasteiger partial charge < -0.3 is 0 Å². The molecule has 0 saturated heterocycles. The van der Waals surface area contributed by atoms with Crippen LogP contribution in [0.2, 0.25) is 0 Å². The first kappa shape index (κ1) is 25.1. The van der Waals surface area contributed by atoms with E-state index in [1.807, 2.05) is 0 Å². The monoisotopic (exact) mass is 518 g/mol. The van der Waals surface area contributed by atoms with Crippen molar-refractivity contribution in [1.82, 2.24) is 0 Å². The summed E-state index contributed by atoms with van der Waals surface area (Å²) >= 11 is 0. The maximum atomic E-state index is 2.59. The Bertz CT molecular complexity index is 1700. The van der Waals surface area contributed by atoms with E-state index in [0.717, 1.165) is 32.1 Å². The van der Waals surface area contributed by atoms with Gasteiger partial charge in [0.2, 0.25) is 0 Å². The van der Waals surface area contributed by atoms with Gasteiger partial charge in [-0.1, -0.05) is 125 Å². The van der Waals surface area contributed by atoms with Crippen molar-refractivity contribution in [3.8, 4) is 22.3 Å². The Morgan fingerprint density at radius 2 is 0.875 bits per heavy atom. The number of hydrogen-bond acceptors (Lipinski definition) is 0. The van der Waals surface area contributed by atoms with Crippen LogP contribution < -0.4 is 0 Å². The van der Waals surface area contributed by atoms with Crippen molar-refractivity contribution in [2.75, 3.05) is 0 Å². The van der Waals surface area contributed by atoms with Crippen molar-refractivity contribution >= 4 is 0 Å². The normalized spacial score (nSPS) is 13.7. The van der Waals surface area contributed by atoms with Crippen molar-refractivity contribution in [3.63, 3.8) is 0 Å². The van der Waals surface area contributed by atoms with Gasteiger partial charge in [-0.15, -0.1) is 0 Å². The SMILES string of the molecule is CCc1ccc2c(c1)C1(c3cc(CC)ccc3-2)c2cc(CC)ccc2-c2cc(Cc3ccccc3)c(CC)cc21. The second kappa shape index (κ2) is 9.63. The van der Waals surface area contributed by atoms with Gasteiger partial charge in [0.25, 0.3) is 0 Å². The van der Waals surface area contributed by atoms with E-state index in [1.54, 1.807) is 0 Å². The number of fused-ring (bicyclic) bond motifs is 10. The van der Waals surface area contributed by atoms with Gasteiger partial charge in [-0.25, -0.2) is 0 Å². The lowest BCUT2D eigenvalue weighted by Gasteiger charge is -2.32. The lowest BCUT2D eigenvalue weighted by Crippen LogP contribution is -2.26. The summed E-state index contributed by atoms with van der Waals surface area (Å²) in [5.74, 6) is 0. The van der Waals surface area contributed by atoms with Crippen molar-refractivity contribution in [2.24, 2.45) is 0 Å². The zero-order valence-electron chi connectivity index (χ0n) is 24.3. The van der Waals surface area contributed by atoms with Gasteiger partial charge in [-0.3, -0.25) is 0 Å². The standard InChI is InChI=1S/C40H38/c1-5-26-14-17-32-33-18-15-27(6-2)22-37(33)40(36(32)21-26)38-23-28(7-3)16-19-34(38)35-24-31(30(8-4)25-39(35)40)20-29-12-10-9-11-13-29/h9-19,21-25H,5-8,20H2,1-4H3. The van der Waals surface area contributed by atoms with Crippen LogP contribution in [-0.4, -0.2) is 0 Å². The van der Waals surface area contributed by atoms with E-state index < -0.39 is 0 Å². The first-order chi connectivity index (χ1) is 19.6. The van der Waals surface area contributed by atoms with Gasteiger partial charge in [0.05, 0.1) is 5.41 Å². The molecule has 0 aromatic heterocycles. The number of aryl methyl sites for hydroxylation is 4. The second-order valence-corrected chi connectivity index (χ2v) is 11.6. The highest BCUT2D eigenvalue weighted by Gasteiger charge is 2.52. The van der Waals surface area contributed by atoms with Crippen molar-refractivity contribution in [3.05, 3.63) is 153 Å². The molecule has 2 aliphatic carbocycles. The Labute approximate surface area is 239 Å². The molecule has 0 bridgehead atoms. The fraction of sp³-hybridized carbons (Fsp3) is 0.250. The predicted octanol–water partition coefficient (Wildman–Crippen LogP) is 9.87. The molecule has 0 amide bonds. The summed E-state index contributed by atoms with van der Waals surface area (Å²) in [6.07, 6.45) is 5.14. The van der Waals surface area contributed by atoms with Crippen molar-refractivity contribution < 1.29 is 0 Å². The van der Waals surface area contributed by atoms with Gasteiger partial charge in [-0.05, 0) is 110 Å². The first-order valence-electron chi connectivity index (χ1n) is 15.2. The Balaban J connectivity index is 1.59. The number of rotatable bonds is 6. The fourth-order valence-corrected chi connectivity index (χ4v) is 7.47. The molecule has 0 fully saturated rings. The highest BCUT2D eigenvalue weighted by atomic mass is 14.5. The van der Waals surface area contributed by atoms with E-state index in [-0.39, 0.29) is 5.41 Å². The maximum Gasteiger partial charge on any atom is 0.0725 e. The highest BCUT2D eigenvalue weighted by molar-refractivity contribution is 5.95. The Morgan fingerprint density at radius 3 is 1.35 bits per heavy atom. The minimum Gasteiger partial charge on any atom is -0.0622 e. The molecule has 2 aliphatic rings. The van der Waals surface area contributed by atoms with E-state index in [2.05, 4.69) is 125 Å². The minimum absolute atomic E-state index is 0.272. The maximum absolute atomic E-state index is 2.59. The molecule has 198 valence electrons. The van der Waals surface area contributed by atoms with Gasteiger partial charge >= 0.3 is 0 Å². The molecule has 0 atom stereocenters. The topological polar surface area (TPSA) is 0 Å². The lowest BCUT2D eigenvalue weighted by atomic mass is 9.69. The van der Waals surface area contributed by atoms with Crippen molar-refractivity contribution in [2.45, 2.75) is 65.2 Å². The lowest BCUT2D eigenvalue weighted by molar-refractivity contribution is 0.784. The molecule has 7 rings (SSSR count). The summed E-state index contributed by atoms with van der Waals surface area (Å²) in [7, 11) is 0. The molecular weight excluding hydrogens is 480 g/mol. The van der Waals surface area contributed by atoms with Crippen LogP contribution in [0.25, 0.3) is 22.3 Å². The summed E-state index contributed by atoms with van der Waals surface area (Å²) in [4.78, 5) is 0. The summed E-state index contributed by atoms with van der Waals surface area (Å²) in [5.41, 5.74) is 19.8. The first-order valence-corrected chi connectivity index (χ1v) is 15.2. The molecule has 1 spiro atoms. The van der Waals surface area contributed by atoms with Crippen molar-refractivity contribution in [1.29, 1.82) is 0 Å². The zero-order valence-corrected chi connectivity index (χ0v) is 24.3. The molecule has 0 radical (unpaired) electrons. The molecule has 0 heteroatoms. The molecular formula is C40H38. The van der Waals surface area contributed by atoms with Crippen LogP contribution in [0.1, 0.15) is 83.3 Å². The van der Waals surface area contributed by atoms with Crippen LogP contribution in [0, 0.1) is 0 Å². The third-order valence-corrected chi connectivity index (χ3v) is 9.63. The number of hydrogen-bond donors (Lipinski definition) is 0. The Morgan fingerprint density at radius 1 is 0.400 bits per heavy atom. The fourth-order valence-electron chi connectivity index (χ4n) is 7.47. The largest absolute Gasteiger partial charge is 0.0725 e. The minimum atomic E-state index is -0.272. The average Bonchev–Trinajstić information content (AvgIpc) is 3.46. The third kappa shape index (κ3) is 3.51. The quantitative estimate of drug-likeness (QED) is 0.205. The van der Waals surface area contributed by atoms with E-state index in [4.69, 9.17) is 0 Å². The van der Waals surface area contributed by atoms with Gasteiger partial charge in [0, 0.05) is 0 Å². The van der Waals surface area contributed by atoms with E-state index in [9.17, 15) is 0 Å². The summed E-state index contributed by atoms with van der Waals surface area (Å²) in [5, 5.41) is 0. The molecule has 0 saturated carbocycles. The van der Waals surface area contributed by atoms with Crippen LogP contribution >= 0.6 is 0 Å². The average molecular weight is 519 g/mol. The molecule has 0 aliphatic heterocycles. The zero-order chi connectivity index (χ0) is 27.4. The smallest absolute Gasteiger partial charge is 0.0622 e. The molecule has 0 nitrogen and oxygen atoms in total. The second-order valence-electron chi connectivity index (χ2n) is 11.6. The van der Waals surface area contributed by atoms with Crippen LogP contribution in [0.3, 0.4) is 0 Å². The highest BCUT2D eigenvalue weighted by Crippen LogP contribution is 2.63. The van der Waals surface area contributed by atoms with E-state index >= 15 is 0 Å². The summed E-state index contributed by atoms with van der Waals surface area (Å²) < 4.78 is 0. The molecule has 40 heavy (non-hydrogen) atoms. The molecule has 5 aromatic carbocycles. The summed E-state index contributed by atoms with van der Waals surface area (Å²) in [6.45, 7) is 9.16.